The molecule has 3 rings (SSSR count). The monoisotopic (exact) mass is 354 g/mol. The Morgan fingerprint density at radius 1 is 1.04 bits per heavy atom. The van der Waals surface area contributed by atoms with E-state index in [2.05, 4.69) is 0 Å². The van der Waals surface area contributed by atoms with Crippen molar-refractivity contribution < 1.29 is 14.8 Å². The molecule has 1 heterocycles. The van der Waals surface area contributed by atoms with Crippen molar-refractivity contribution in [3.63, 3.8) is 0 Å². The molecule has 26 heavy (non-hydrogen) atoms. The first-order valence-corrected chi connectivity index (χ1v) is 8.74. The number of amides is 2. The number of anilines is 1. The molecular weight excluding hydrogens is 328 g/mol. The summed E-state index contributed by atoms with van der Waals surface area (Å²) in [4.78, 5) is 24.4. The van der Waals surface area contributed by atoms with Gasteiger partial charge in [0.05, 0.1) is 5.69 Å². The van der Waals surface area contributed by atoms with E-state index in [9.17, 15) is 9.59 Å². The lowest BCUT2D eigenvalue weighted by Gasteiger charge is -2.18. The van der Waals surface area contributed by atoms with Crippen LogP contribution in [0, 0.1) is 0 Å². The highest BCUT2D eigenvalue weighted by atomic mass is 16.5. The normalized spacial score (nSPS) is 12.7. The van der Waals surface area contributed by atoms with Gasteiger partial charge in [-0.1, -0.05) is 68.4 Å². The van der Waals surface area contributed by atoms with E-state index >= 15 is 0 Å². The zero-order valence-electron chi connectivity index (χ0n) is 15.3. The number of carbonyl (C=O) groups excluding carboxylic acids is 2. The van der Waals surface area contributed by atoms with Crippen LogP contribution in [0.3, 0.4) is 0 Å². The molecule has 0 atom stereocenters. The minimum Gasteiger partial charge on any atom is -0.312 e. The number of carbonyl (C=O) groups is 2. The van der Waals surface area contributed by atoms with Gasteiger partial charge in [0.25, 0.3) is 5.91 Å². The van der Waals surface area contributed by atoms with E-state index in [0.717, 1.165) is 17.7 Å². The third-order valence-corrected chi connectivity index (χ3v) is 3.49. The number of para-hydroxylation sites is 1. The molecule has 2 N–H and O–H groups in total. The first kappa shape index (κ1) is 21.1. The molecule has 5 heteroatoms. The Morgan fingerprint density at radius 2 is 1.62 bits per heavy atom. The molecule has 1 fully saturated rings. The van der Waals surface area contributed by atoms with Gasteiger partial charge in [-0.2, -0.15) is 0 Å². The number of nitrogens with zero attached hydrogens (tertiary/aromatic N) is 1. The van der Waals surface area contributed by atoms with E-state index < -0.39 is 5.91 Å². The molecule has 0 aromatic heterocycles. The van der Waals surface area contributed by atoms with E-state index in [4.69, 9.17) is 5.21 Å². The van der Waals surface area contributed by atoms with Crippen molar-refractivity contribution in [3.05, 3.63) is 72.3 Å². The SMILES string of the molecule is CC.O=C(/C=C/c1ccccc1N1CCCC1=O)NO.c1ccccc1. The molecule has 5 nitrogen and oxygen atoms in total. The van der Waals surface area contributed by atoms with E-state index in [1.807, 2.05) is 74.5 Å². The molecule has 1 aliphatic rings. The van der Waals surface area contributed by atoms with Crippen molar-refractivity contribution in [3.8, 4) is 0 Å². The lowest BCUT2D eigenvalue weighted by atomic mass is 10.1. The second-order valence-electron chi connectivity index (χ2n) is 5.17. The van der Waals surface area contributed by atoms with Crippen molar-refractivity contribution in [1.29, 1.82) is 0 Å². The fourth-order valence-electron chi connectivity index (χ4n) is 2.36. The number of rotatable bonds is 3. The van der Waals surface area contributed by atoms with Gasteiger partial charge in [-0.25, -0.2) is 5.48 Å². The number of hydrogen-bond donors (Lipinski definition) is 2. The predicted molar refractivity (Wildman–Crippen MR) is 105 cm³/mol. The minimum absolute atomic E-state index is 0.0995. The molecule has 1 saturated heterocycles. The summed E-state index contributed by atoms with van der Waals surface area (Å²) < 4.78 is 0. The molecule has 2 aromatic carbocycles. The van der Waals surface area contributed by atoms with Crippen LogP contribution in [0.25, 0.3) is 6.08 Å². The van der Waals surface area contributed by atoms with Gasteiger partial charge in [-0.3, -0.25) is 14.8 Å². The first-order valence-electron chi connectivity index (χ1n) is 8.74. The Labute approximate surface area is 154 Å². The highest BCUT2D eigenvalue weighted by molar-refractivity contribution is 5.98. The van der Waals surface area contributed by atoms with Crippen LogP contribution >= 0.6 is 0 Å². The van der Waals surface area contributed by atoms with Crippen LogP contribution in [0.1, 0.15) is 32.3 Å². The molecule has 138 valence electrons. The summed E-state index contributed by atoms with van der Waals surface area (Å²) in [6.45, 7) is 4.70. The number of hydrogen-bond acceptors (Lipinski definition) is 3. The average Bonchev–Trinajstić information content (AvgIpc) is 3.15. The molecule has 0 radical (unpaired) electrons. The van der Waals surface area contributed by atoms with Gasteiger partial charge in [0, 0.05) is 19.0 Å². The second-order valence-corrected chi connectivity index (χ2v) is 5.17. The van der Waals surface area contributed by atoms with Gasteiger partial charge >= 0.3 is 0 Å². The van der Waals surface area contributed by atoms with Crippen molar-refractivity contribution in [2.24, 2.45) is 0 Å². The maximum Gasteiger partial charge on any atom is 0.267 e. The summed E-state index contributed by atoms with van der Waals surface area (Å²) in [5, 5.41) is 8.42. The molecule has 0 unspecified atom stereocenters. The standard InChI is InChI=1S/C13H14N2O3.C6H6.C2H6/c16-12(14-18)8-7-10-4-1-2-5-11(10)15-9-3-6-13(15)17;1-2-4-6-5-3-1;1-2/h1-2,4-5,7-8,18H,3,6,9H2,(H,14,16);1-6H;1-2H3/b8-7+;;. The van der Waals surface area contributed by atoms with E-state index in [-0.39, 0.29) is 5.91 Å². The van der Waals surface area contributed by atoms with Gasteiger partial charge in [-0.15, -0.1) is 0 Å². The summed E-state index contributed by atoms with van der Waals surface area (Å²) in [5.41, 5.74) is 3.09. The van der Waals surface area contributed by atoms with Crippen molar-refractivity contribution >= 4 is 23.6 Å². The average molecular weight is 354 g/mol. The maximum absolute atomic E-state index is 11.7. The third-order valence-electron chi connectivity index (χ3n) is 3.49. The molecule has 2 aromatic rings. The van der Waals surface area contributed by atoms with E-state index in [1.54, 1.807) is 11.0 Å². The number of nitrogens with one attached hydrogen (secondary N) is 1. The van der Waals surface area contributed by atoms with Crippen LogP contribution in [0.2, 0.25) is 0 Å². The first-order chi connectivity index (χ1) is 12.7. The predicted octanol–water partition coefficient (Wildman–Crippen LogP) is 4.04. The lowest BCUT2D eigenvalue weighted by molar-refractivity contribution is -0.124. The second kappa shape index (κ2) is 12.4. The van der Waals surface area contributed by atoms with Crippen molar-refractivity contribution in [2.45, 2.75) is 26.7 Å². The Kier molecular flexibility index (Phi) is 10.1. The summed E-state index contributed by atoms with van der Waals surface area (Å²) in [5.74, 6) is -0.500. The lowest BCUT2D eigenvalue weighted by Crippen LogP contribution is -2.24. The Hall–Kier alpha value is -2.92. The third kappa shape index (κ3) is 6.91. The molecule has 0 bridgehead atoms. The molecule has 0 saturated carbocycles. The van der Waals surface area contributed by atoms with Gasteiger partial charge in [0.1, 0.15) is 0 Å². The minimum atomic E-state index is -0.599. The fourth-order valence-corrected chi connectivity index (χ4v) is 2.36. The van der Waals surface area contributed by atoms with Crippen LogP contribution in [-0.4, -0.2) is 23.6 Å². The van der Waals surface area contributed by atoms with Gasteiger partial charge in [-0.05, 0) is 24.1 Å². The van der Waals surface area contributed by atoms with Crippen molar-refractivity contribution in [2.75, 3.05) is 11.4 Å². The van der Waals surface area contributed by atoms with Crippen LogP contribution in [0.15, 0.2) is 66.7 Å². The molecule has 2 amide bonds. The highest BCUT2D eigenvalue weighted by Crippen LogP contribution is 2.26. The largest absolute Gasteiger partial charge is 0.312 e. The summed E-state index contributed by atoms with van der Waals surface area (Å²) in [6, 6.07) is 19.4. The van der Waals surface area contributed by atoms with Crippen LogP contribution in [-0.2, 0) is 9.59 Å². The smallest absolute Gasteiger partial charge is 0.267 e. The molecule has 0 aliphatic carbocycles. The number of hydroxylamine groups is 1. The molecule has 1 aliphatic heterocycles. The van der Waals surface area contributed by atoms with E-state index in [1.165, 1.54) is 11.6 Å². The summed E-state index contributed by atoms with van der Waals surface area (Å²) >= 11 is 0. The maximum atomic E-state index is 11.7. The van der Waals surface area contributed by atoms with Gasteiger partial charge in [0.2, 0.25) is 5.91 Å². The zero-order chi connectivity index (χ0) is 19.2. The van der Waals surface area contributed by atoms with Crippen molar-refractivity contribution in [1.82, 2.24) is 5.48 Å². The van der Waals surface area contributed by atoms with E-state index in [0.29, 0.717) is 13.0 Å². The zero-order valence-corrected chi connectivity index (χ0v) is 15.3. The summed E-state index contributed by atoms with van der Waals surface area (Å²) in [6.07, 6.45) is 4.22. The molecular formula is C21H26N2O3. The van der Waals surface area contributed by atoms with Crippen LogP contribution in [0.5, 0.6) is 0 Å². The fraction of sp³-hybridized carbons (Fsp3) is 0.238. The topological polar surface area (TPSA) is 69.6 Å². The van der Waals surface area contributed by atoms with Gasteiger partial charge < -0.3 is 4.90 Å². The number of benzene rings is 2. The Balaban J connectivity index is 0.000000353. The highest BCUT2D eigenvalue weighted by Gasteiger charge is 2.22. The quantitative estimate of drug-likeness (QED) is 0.496. The molecule has 0 spiro atoms. The van der Waals surface area contributed by atoms with Crippen LogP contribution in [0.4, 0.5) is 5.69 Å². The Morgan fingerprint density at radius 3 is 2.12 bits per heavy atom. The van der Waals surface area contributed by atoms with Crippen LogP contribution < -0.4 is 10.4 Å². The van der Waals surface area contributed by atoms with Gasteiger partial charge in [0.15, 0.2) is 0 Å². The summed E-state index contributed by atoms with van der Waals surface area (Å²) in [7, 11) is 0. The Bertz CT molecular complexity index is 673.